The summed E-state index contributed by atoms with van der Waals surface area (Å²) < 4.78 is 34.6. The fraction of sp³-hybridized carbons (Fsp3) is 0.310. The van der Waals surface area contributed by atoms with Crippen LogP contribution < -0.4 is 14.4 Å². The number of nitro groups is 1. The molecule has 11 nitrogen and oxygen atoms in total. The van der Waals surface area contributed by atoms with Crippen LogP contribution in [0.2, 0.25) is 15.1 Å². The van der Waals surface area contributed by atoms with Gasteiger partial charge in [0.15, 0.2) is 0 Å². The Labute approximate surface area is 270 Å². The molecule has 3 aromatic carbocycles. The molecule has 0 saturated carbocycles. The molecule has 2 amide bonds. The second kappa shape index (κ2) is 14.9. The Morgan fingerprint density at radius 1 is 1.02 bits per heavy atom. The van der Waals surface area contributed by atoms with Gasteiger partial charge in [-0.1, -0.05) is 53.9 Å². The van der Waals surface area contributed by atoms with Crippen LogP contribution in [0.3, 0.4) is 0 Å². The number of methoxy groups -OCH3 is 1. The Hall–Kier alpha value is -3.58. The van der Waals surface area contributed by atoms with Crippen molar-refractivity contribution in [1.29, 1.82) is 0 Å². The van der Waals surface area contributed by atoms with Crippen LogP contribution in [0.15, 0.2) is 59.5 Å². The highest BCUT2D eigenvalue weighted by molar-refractivity contribution is 7.92. The zero-order valence-electron chi connectivity index (χ0n) is 24.3. The van der Waals surface area contributed by atoms with E-state index in [9.17, 15) is 28.1 Å². The quantitative estimate of drug-likeness (QED) is 0.172. The zero-order valence-corrected chi connectivity index (χ0v) is 27.4. The molecule has 1 N–H and O–H groups in total. The zero-order chi connectivity index (χ0) is 32.8. The molecule has 0 unspecified atom stereocenters. The molecule has 0 aliphatic heterocycles. The van der Waals surface area contributed by atoms with E-state index in [1.165, 1.54) is 55.3 Å². The van der Waals surface area contributed by atoms with Crippen molar-refractivity contribution in [3.8, 4) is 5.75 Å². The largest absolute Gasteiger partial charge is 0.495 e. The van der Waals surface area contributed by atoms with E-state index in [-0.39, 0.29) is 40.0 Å². The van der Waals surface area contributed by atoms with Crippen LogP contribution in [-0.2, 0) is 26.2 Å². The van der Waals surface area contributed by atoms with Gasteiger partial charge in [-0.25, -0.2) is 8.42 Å². The number of ether oxygens (including phenoxy) is 1. The average Bonchev–Trinajstić information content (AvgIpc) is 2.96. The van der Waals surface area contributed by atoms with Gasteiger partial charge in [-0.3, -0.25) is 24.0 Å². The van der Waals surface area contributed by atoms with E-state index in [2.05, 4.69) is 5.32 Å². The Bertz CT molecular complexity index is 1670. The van der Waals surface area contributed by atoms with Crippen molar-refractivity contribution >= 4 is 68.0 Å². The van der Waals surface area contributed by atoms with Crippen molar-refractivity contribution < 1.29 is 27.7 Å². The van der Waals surface area contributed by atoms with Gasteiger partial charge < -0.3 is 15.0 Å². The number of hydrogen-bond acceptors (Lipinski definition) is 7. The van der Waals surface area contributed by atoms with Gasteiger partial charge in [-0.05, 0) is 62.2 Å². The van der Waals surface area contributed by atoms with Gasteiger partial charge in [0.2, 0.25) is 11.8 Å². The molecule has 0 spiro atoms. The summed E-state index contributed by atoms with van der Waals surface area (Å²) in [4.78, 5) is 39.1. The van der Waals surface area contributed by atoms with Gasteiger partial charge in [-0.2, -0.15) is 0 Å². The molecule has 0 aromatic heterocycles. The predicted molar refractivity (Wildman–Crippen MR) is 170 cm³/mol. The lowest BCUT2D eigenvalue weighted by Gasteiger charge is -2.33. The summed E-state index contributed by atoms with van der Waals surface area (Å²) in [6, 6.07) is 11.3. The maximum atomic E-state index is 14.2. The van der Waals surface area contributed by atoms with Gasteiger partial charge in [-0.15, -0.1) is 0 Å². The van der Waals surface area contributed by atoms with E-state index < -0.39 is 49.9 Å². The summed E-state index contributed by atoms with van der Waals surface area (Å²) >= 11 is 18.7. The maximum absolute atomic E-state index is 14.2. The number of carbonyl (C=O) groups is 2. The van der Waals surface area contributed by atoms with Gasteiger partial charge in [0.05, 0.1) is 22.6 Å². The molecule has 0 radical (unpaired) electrons. The molecule has 15 heteroatoms. The first-order valence-electron chi connectivity index (χ1n) is 13.4. The van der Waals surface area contributed by atoms with Crippen LogP contribution >= 0.6 is 34.8 Å². The number of halogens is 3. The van der Waals surface area contributed by atoms with Gasteiger partial charge in [0.1, 0.15) is 18.3 Å². The number of nitro benzene ring substituents is 1. The first-order valence-corrected chi connectivity index (χ1v) is 15.9. The maximum Gasteiger partial charge on any atom is 0.273 e. The van der Waals surface area contributed by atoms with Crippen molar-refractivity contribution in [2.45, 2.75) is 44.7 Å². The minimum Gasteiger partial charge on any atom is -0.495 e. The van der Waals surface area contributed by atoms with Crippen LogP contribution in [0.4, 0.5) is 11.4 Å². The number of anilines is 1. The average molecular weight is 686 g/mol. The molecule has 1 atom stereocenters. The van der Waals surface area contributed by atoms with E-state index >= 15 is 0 Å². The second-order valence-corrected chi connectivity index (χ2v) is 12.8. The summed E-state index contributed by atoms with van der Waals surface area (Å²) in [7, 11) is -3.34. The van der Waals surface area contributed by atoms with Crippen molar-refractivity contribution in [2.75, 3.05) is 24.5 Å². The lowest BCUT2D eigenvalue weighted by atomic mass is 10.1. The predicted octanol–water partition coefficient (Wildman–Crippen LogP) is 6.01. The van der Waals surface area contributed by atoms with E-state index in [1.807, 2.05) is 0 Å². The first kappa shape index (κ1) is 34.9. The third kappa shape index (κ3) is 7.92. The molecule has 0 heterocycles. The molecule has 0 bridgehead atoms. The van der Waals surface area contributed by atoms with E-state index in [0.717, 1.165) is 10.4 Å². The number of carbonyl (C=O) groups excluding carboxylic acids is 2. The summed E-state index contributed by atoms with van der Waals surface area (Å²) in [5.74, 6) is -1.14. The minimum absolute atomic E-state index is 0.0652. The third-order valence-electron chi connectivity index (χ3n) is 6.75. The SMILES string of the molecule is CCNC(=O)[C@@H](CC)N(Cc1ccc(Cl)cc1Cl)C(=O)CN(c1cc(Cl)ccc1OC)S(=O)(=O)c1ccc(C)c([N+](=O)[O-])c1. The van der Waals surface area contributed by atoms with Crippen molar-refractivity contribution in [1.82, 2.24) is 10.2 Å². The Morgan fingerprint density at radius 3 is 2.27 bits per heavy atom. The molecule has 0 aliphatic carbocycles. The van der Waals surface area contributed by atoms with E-state index in [0.29, 0.717) is 17.1 Å². The standard InChI is InChI=1S/C29H31Cl3N4O7S/c1-5-24(29(38)33-6-2)34(16-19-8-9-20(30)13-23(19)32)28(37)17-35(26-14-21(31)10-12-27(26)43-4)44(41,42)22-11-7-18(3)25(15-22)36(39)40/h7-15,24H,5-6,16-17H2,1-4H3,(H,33,38)/t24-/m1/s1. The summed E-state index contributed by atoms with van der Waals surface area (Å²) in [5.41, 5.74) is 0.204. The fourth-order valence-corrected chi connectivity index (χ4v) is 6.56. The highest BCUT2D eigenvalue weighted by Gasteiger charge is 2.35. The number of nitrogens with zero attached hydrogens (tertiary/aromatic N) is 3. The summed E-state index contributed by atoms with van der Waals surface area (Å²) in [6.45, 7) is 4.24. The molecule has 0 fully saturated rings. The van der Waals surface area contributed by atoms with Gasteiger partial charge in [0, 0.05) is 39.8 Å². The number of rotatable bonds is 13. The van der Waals surface area contributed by atoms with Crippen LogP contribution in [0.25, 0.3) is 0 Å². The first-order chi connectivity index (χ1) is 20.7. The number of amides is 2. The Morgan fingerprint density at radius 2 is 1.68 bits per heavy atom. The fourth-order valence-electron chi connectivity index (χ4n) is 4.49. The molecular formula is C29H31Cl3N4O7S. The lowest BCUT2D eigenvalue weighted by molar-refractivity contribution is -0.385. The molecule has 3 rings (SSSR count). The monoisotopic (exact) mass is 684 g/mol. The highest BCUT2D eigenvalue weighted by atomic mass is 35.5. The van der Waals surface area contributed by atoms with Crippen molar-refractivity contribution in [3.05, 3.63) is 90.9 Å². The lowest BCUT2D eigenvalue weighted by Crippen LogP contribution is -2.52. The number of nitrogens with one attached hydrogen (secondary N) is 1. The van der Waals surface area contributed by atoms with Crippen LogP contribution in [0, 0.1) is 17.0 Å². The molecule has 236 valence electrons. The van der Waals surface area contributed by atoms with Gasteiger partial charge >= 0.3 is 0 Å². The summed E-state index contributed by atoms with van der Waals surface area (Å²) in [5, 5.41) is 15.1. The molecule has 44 heavy (non-hydrogen) atoms. The smallest absolute Gasteiger partial charge is 0.273 e. The molecule has 3 aromatic rings. The molecule has 0 aliphatic rings. The minimum atomic E-state index is -4.66. The number of aryl methyl sites for hydroxylation is 1. The molecule has 0 saturated heterocycles. The van der Waals surface area contributed by atoms with Crippen molar-refractivity contribution in [3.63, 3.8) is 0 Å². The van der Waals surface area contributed by atoms with Crippen LogP contribution in [0.5, 0.6) is 5.75 Å². The molecular weight excluding hydrogens is 655 g/mol. The Kier molecular flexibility index (Phi) is 11.8. The summed E-state index contributed by atoms with van der Waals surface area (Å²) in [6.07, 6.45) is 0.195. The van der Waals surface area contributed by atoms with E-state index in [4.69, 9.17) is 39.5 Å². The van der Waals surface area contributed by atoms with Gasteiger partial charge in [0.25, 0.3) is 15.7 Å². The topological polar surface area (TPSA) is 139 Å². The number of benzene rings is 3. The number of hydrogen-bond donors (Lipinski definition) is 1. The third-order valence-corrected chi connectivity index (χ3v) is 9.32. The normalized spacial score (nSPS) is 11.9. The number of sulfonamides is 1. The highest BCUT2D eigenvalue weighted by Crippen LogP contribution is 2.36. The second-order valence-electron chi connectivity index (χ2n) is 9.61. The van der Waals surface area contributed by atoms with Crippen molar-refractivity contribution in [2.24, 2.45) is 0 Å². The van der Waals surface area contributed by atoms with Crippen LogP contribution in [-0.4, -0.2) is 56.3 Å². The van der Waals surface area contributed by atoms with Crippen LogP contribution in [0.1, 0.15) is 31.4 Å². The number of likely N-dealkylation sites (N-methyl/N-ethyl adjacent to an activating group) is 1. The van der Waals surface area contributed by atoms with E-state index in [1.54, 1.807) is 26.0 Å². The Balaban J connectivity index is 2.21.